The summed E-state index contributed by atoms with van der Waals surface area (Å²) in [6.45, 7) is 2.11. The standard InChI is InChI=1S/C17H20N6/c1-3-4-7-15(14-8-5-6-11-20-14)22-23-17(19-2)16-10-9-13(18)12-21-16/h5-12H,3-4,18H2,1-2H3/b15-7+,19-17?,23-22?. The van der Waals surface area contributed by atoms with Gasteiger partial charge in [-0.1, -0.05) is 25.5 Å². The second-order valence-electron chi connectivity index (χ2n) is 4.82. The second-order valence-corrected chi connectivity index (χ2v) is 4.82. The first-order chi connectivity index (χ1) is 11.2. The van der Waals surface area contributed by atoms with Crippen LogP contribution >= 0.6 is 0 Å². The Bertz CT molecular complexity index is 702. The fourth-order valence-electron chi connectivity index (χ4n) is 1.84. The molecule has 0 radical (unpaired) electrons. The molecule has 0 spiro atoms. The summed E-state index contributed by atoms with van der Waals surface area (Å²) in [7, 11) is 1.66. The molecule has 6 nitrogen and oxygen atoms in total. The van der Waals surface area contributed by atoms with Crippen LogP contribution in [0.3, 0.4) is 0 Å². The Morgan fingerprint density at radius 3 is 2.61 bits per heavy atom. The predicted molar refractivity (Wildman–Crippen MR) is 93.1 cm³/mol. The van der Waals surface area contributed by atoms with Crippen molar-refractivity contribution in [2.75, 3.05) is 12.8 Å². The van der Waals surface area contributed by atoms with Gasteiger partial charge in [-0.3, -0.25) is 15.0 Å². The van der Waals surface area contributed by atoms with Crippen LogP contribution in [0.5, 0.6) is 0 Å². The van der Waals surface area contributed by atoms with Crippen molar-refractivity contribution in [3.63, 3.8) is 0 Å². The van der Waals surface area contributed by atoms with E-state index < -0.39 is 0 Å². The van der Waals surface area contributed by atoms with Crippen molar-refractivity contribution in [3.8, 4) is 0 Å². The average molecular weight is 308 g/mol. The van der Waals surface area contributed by atoms with Gasteiger partial charge >= 0.3 is 0 Å². The van der Waals surface area contributed by atoms with Gasteiger partial charge in [-0.15, -0.1) is 10.2 Å². The minimum Gasteiger partial charge on any atom is -0.397 e. The highest BCUT2D eigenvalue weighted by molar-refractivity contribution is 5.97. The fraction of sp³-hybridized carbons (Fsp3) is 0.235. The number of allylic oxidation sites excluding steroid dienone is 1. The molecule has 0 saturated carbocycles. The van der Waals surface area contributed by atoms with Gasteiger partial charge in [0.2, 0.25) is 0 Å². The molecule has 0 aliphatic rings. The lowest BCUT2D eigenvalue weighted by Gasteiger charge is -2.02. The molecule has 0 aliphatic carbocycles. The quantitative estimate of drug-likeness (QED) is 0.518. The highest BCUT2D eigenvalue weighted by atomic mass is 15.2. The number of anilines is 1. The lowest BCUT2D eigenvalue weighted by atomic mass is 10.2. The first kappa shape index (κ1) is 16.5. The van der Waals surface area contributed by atoms with Gasteiger partial charge in [0.25, 0.3) is 0 Å². The zero-order chi connectivity index (χ0) is 16.5. The van der Waals surface area contributed by atoms with Gasteiger partial charge in [-0.25, -0.2) is 0 Å². The Hall–Kier alpha value is -2.89. The van der Waals surface area contributed by atoms with Crippen LogP contribution in [0.25, 0.3) is 5.70 Å². The summed E-state index contributed by atoms with van der Waals surface area (Å²) in [6.07, 6.45) is 7.27. The largest absolute Gasteiger partial charge is 0.397 e. The highest BCUT2D eigenvalue weighted by Gasteiger charge is 2.05. The Labute approximate surface area is 135 Å². The van der Waals surface area contributed by atoms with E-state index in [4.69, 9.17) is 5.73 Å². The molecule has 2 heterocycles. The number of nitrogens with two attached hydrogens (primary N) is 1. The van der Waals surface area contributed by atoms with Crippen LogP contribution in [0.4, 0.5) is 5.69 Å². The lowest BCUT2D eigenvalue weighted by Crippen LogP contribution is -2.00. The van der Waals surface area contributed by atoms with Crippen LogP contribution in [0.2, 0.25) is 0 Å². The van der Waals surface area contributed by atoms with Gasteiger partial charge in [0.05, 0.1) is 17.6 Å². The minimum absolute atomic E-state index is 0.448. The summed E-state index contributed by atoms with van der Waals surface area (Å²) >= 11 is 0. The Kier molecular flexibility index (Phi) is 6.11. The molecule has 0 aromatic carbocycles. The smallest absolute Gasteiger partial charge is 0.195 e. The van der Waals surface area contributed by atoms with E-state index in [1.807, 2.05) is 24.3 Å². The number of unbranched alkanes of at least 4 members (excludes halogenated alkanes) is 1. The van der Waals surface area contributed by atoms with Gasteiger partial charge < -0.3 is 5.73 Å². The number of hydrogen-bond acceptors (Lipinski definition) is 5. The molecule has 2 rings (SSSR count). The maximum atomic E-state index is 5.65. The van der Waals surface area contributed by atoms with Crippen molar-refractivity contribution < 1.29 is 0 Å². The van der Waals surface area contributed by atoms with Crippen LogP contribution < -0.4 is 5.73 Å². The van der Waals surface area contributed by atoms with Crippen LogP contribution in [-0.2, 0) is 0 Å². The third kappa shape index (κ3) is 4.81. The van der Waals surface area contributed by atoms with E-state index in [-0.39, 0.29) is 0 Å². The molecule has 0 unspecified atom stereocenters. The van der Waals surface area contributed by atoms with Crippen LogP contribution in [0.1, 0.15) is 31.2 Å². The molecule has 23 heavy (non-hydrogen) atoms. The normalized spacial score (nSPS) is 12.8. The first-order valence-corrected chi connectivity index (χ1v) is 7.46. The van der Waals surface area contributed by atoms with E-state index in [1.54, 1.807) is 31.6 Å². The monoisotopic (exact) mass is 308 g/mol. The number of amidine groups is 1. The molecule has 2 aromatic rings. The van der Waals surface area contributed by atoms with Gasteiger partial charge in [0, 0.05) is 13.2 Å². The van der Waals surface area contributed by atoms with Gasteiger partial charge in [0.15, 0.2) is 5.84 Å². The molecule has 0 fully saturated rings. The highest BCUT2D eigenvalue weighted by Crippen LogP contribution is 2.16. The summed E-state index contributed by atoms with van der Waals surface area (Å²) in [6, 6.07) is 9.23. The first-order valence-electron chi connectivity index (χ1n) is 7.46. The fourth-order valence-corrected chi connectivity index (χ4v) is 1.84. The van der Waals surface area contributed by atoms with E-state index >= 15 is 0 Å². The molecule has 6 heteroatoms. The van der Waals surface area contributed by atoms with Gasteiger partial charge in [0.1, 0.15) is 11.4 Å². The maximum Gasteiger partial charge on any atom is 0.195 e. The van der Waals surface area contributed by atoms with Crippen LogP contribution in [0.15, 0.2) is 64.0 Å². The molecule has 0 atom stereocenters. The number of aliphatic imine (C=N–C) groups is 1. The molecule has 118 valence electrons. The van der Waals surface area contributed by atoms with Gasteiger partial charge in [-0.05, 0) is 30.7 Å². The molecule has 2 N–H and O–H groups in total. The number of hydrogen-bond donors (Lipinski definition) is 1. The van der Waals surface area contributed by atoms with Crippen molar-refractivity contribution in [1.82, 2.24) is 9.97 Å². The van der Waals surface area contributed by atoms with E-state index in [9.17, 15) is 0 Å². The van der Waals surface area contributed by atoms with E-state index in [1.165, 1.54) is 0 Å². The number of nitrogen functional groups attached to an aromatic ring is 1. The van der Waals surface area contributed by atoms with Crippen LogP contribution in [-0.4, -0.2) is 22.9 Å². The third-order valence-corrected chi connectivity index (χ3v) is 3.03. The van der Waals surface area contributed by atoms with E-state index in [2.05, 4.69) is 32.1 Å². The van der Waals surface area contributed by atoms with E-state index in [0.717, 1.165) is 24.2 Å². The topological polar surface area (TPSA) is 88.9 Å². The van der Waals surface area contributed by atoms with Crippen molar-refractivity contribution >= 4 is 17.2 Å². The summed E-state index contributed by atoms with van der Waals surface area (Å²) in [5, 5.41) is 8.56. The number of azo groups is 1. The van der Waals surface area contributed by atoms with Crippen molar-refractivity contribution in [1.29, 1.82) is 0 Å². The zero-order valence-electron chi connectivity index (χ0n) is 13.3. The Balaban J connectivity index is 2.27. The molecular weight excluding hydrogens is 288 g/mol. The molecule has 0 aliphatic heterocycles. The third-order valence-electron chi connectivity index (χ3n) is 3.03. The number of pyridine rings is 2. The van der Waals surface area contributed by atoms with Crippen molar-refractivity contribution in [3.05, 3.63) is 60.2 Å². The summed E-state index contributed by atoms with van der Waals surface area (Å²) in [4.78, 5) is 12.7. The maximum absolute atomic E-state index is 5.65. The molecule has 0 bridgehead atoms. The summed E-state index contributed by atoms with van der Waals surface area (Å²) in [5.41, 5.74) is 8.38. The minimum atomic E-state index is 0.448. The van der Waals surface area contributed by atoms with Crippen molar-refractivity contribution in [2.24, 2.45) is 15.2 Å². The van der Waals surface area contributed by atoms with Crippen molar-refractivity contribution in [2.45, 2.75) is 19.8 Å². The zero-order valence-corrected chi connectivity index (χ0v) is 13.3. The number of nitrogens with zero attached hydrogens (tertiary/aromatic N) is 5. The average Bonchev–Trinajstić information content (AvgIpc) is 2.60. The van der Waals surface area contributed by atoms with E-state index in [0.29, 0.717) is 17.2 Å². The molecular formula is C17H20N6. The lowest BCUT2D eigenvalue weighted by molar-refractivity contribution is 0.955. The van der Waals surface area contributed by atoms with Gasteiger partial charge in [-0.2, -0.15) is 0 Å². The summed E-state index contributed by atoms with van der Waals surface area (Å²) in [5.74, 6) is 0.448. The molecule has 0 saturated heterocycles. The Morgan fingerprint density at radius 2 is 2.00 bits per heavy atom. The number of rotatable bonds is 5. The van der Waals surface area contributed by atoms with Crippen LogP contribution in [0, 0.1) is 0 Å². The predicted octanol–water partition coefficient (Wildman–Crippen LogP) is 3.73. The SMILES string of the molecule is CCC/C=C(/N=NC(=NC)c1ccc(N)cn1)c1ccccn1. The molecule has 0 amide bonds. The number of aromatic nitrogens is 2. The molecule has 2 aromatic heterocycles. The second kappa shape index (κ2) is 8.53. The summed E-state index contributed by atoms with van der Waals surface area (Å²) < 4.78 is 0. The Morgan fingerprint density at radius 1 is 1.13 bits per heavy atom.